The minimum Gasteiger partial charge on any atom is -0.495 e. The van der Waals surface area contributed by atoms with Crippen LogP contribution in [0.5, 0.6) is 5.75 Å². The van der Waals surface area contributed by atoms with Gasteiger partial charge >= 0.3 is 6.18 Å². The molecule has 0 heterocycles. The summed E-state index contributed by atoms with van der Waals surface area (Å²) in [4.78, 5) is 12.8. The third kappa shape index (κ3) is 7.44. The van der Waals surface area contributed by atoms with E-state index in [2.05, 4.69) is 10.0 Å². The smallest absolute Gasteiger partial charge is 0.417 e. The monoisotopic (exact) mass is 667 g/mol. The Labute approximate surface area is 257 Å². The maximum Gasteiger partial charge on any atom is 0.417 e. The molecule has 0 aromatic heterocycles. The van der Waals surface area contributed by atoms with Crippen LogP contribution in [0.2, 0.25) is 5.02 Å². The minimum atomic E-state index is -4.79. The number of sulfonamides is 2. The van der Waals surface area contributed by atoms with Gasteiger partial charge in [-0.3, -0.25) is 13.8 Å². The maximum atomic E-state index is 13.6. The number of carbonyl (C=O) groups excluding carboxylic acids is 1. The molecule has 2 N–H and O–H groups in total. The summed E-state index contributed by atoms with van der Waals surface area (Å²) >= 11 is 5.60. The summed E-state index contributed by atoms with van der Waals surface area (Å²) in [6.45, 7) is 1.10. The molecular formula is C29H25ClF3N3O6S2. The van der Waals surface area contributed by atoms with Crippen LogP contribution in [0, 0.1) is 6.92 Å². The number of amides is 1. The highest BCUT2D eigenvalue weighted by Crippen LogP contribution is 2.37. The maximum absolute atomic E-state index is 13.6. The fourth-order valence-electron chi connectivity index (χ4n) is 4.08. The Kier molecular flexibility index (Phi) is 9.47. The van der Waals surface area contributed by atoms with Gasteiger partial charge in [-0.2, -0.15) is 13.2 Å². The lowest BCUT2D eigenvalue weighted by Crippen LogP contribution is -2.38. The predicted octanol–water partition coefficient (Wildman–Crippen LogP) is 6.31. The third-order valence-corrected chi connectivity index (χ3v) is 9.69. The molecule has 0 bridgehead atoms. The average Bonchev–Trinajstić information content (AvgIpc) is 2.97. The second kappa shape index (κ2) is 12.8. The van der Waals surface area contributed by atoms with E-state index in [4.69, 9.17) is 16.3 Å². The first kappa shape index (κ1) is 32.6. The highest BCUT2D eigenvalue weighted by molar-refractivity contribution is 7.93. The quantitative estimate of drug-likeness (QED) is 0.204. The van der Waals surface area contributed by atoms with Crippen molar-refractivity contribution in [2.75, 3.05) is 28.0 Å². The topological polar surface area (TPSA) is 122 Å². The highest BCUT2D eigenvalue weighted by atomic mass is 35.5. The van der Waals surface area contributed by atoms with Gasteiger partial charge in [-0.15, -0.1) is 0 Å². The predicted molar refractivity (Wildman–Crippen MR) is 161 cm³/mol. The molecule has 0 aliphatic rings. The van der Waals surface area contributed by atoms with Gasteiger partial charge in [0.15, 0.2) is 0 Å². The molecule has 0 aliphatic heterocycles. The fourth-order valence-corrected chi connectivity index (χ4v) is 6.80. The van der Waals surface area contributed by atoms with Crippen molar-refractivity contribution in [3.63, 3.8) is 0 Å². The van der Waals surface area contributed by atoms with Crippen LogP contribution < -0.4 is 19.1 Å². The Morgan fingerprint density at radius 1 is 0.864 bits per heavy atom. The van der Waals surface area contributed by atoms with Crippen molar-refractivity contribution >= 4 is 54.6 Å². The molecule has 4 rings (SSSR count). The number of alkyl halides is 3. The SMILES string of the molecule is COc1ccc(C)cc1N(CC(=O)Nc1ccc(S(=O)(=O)Nc2ccc(Cl)c(C(F)(F)F)c2)cc1)S(=O)(=O)c1ccccc1. The number of anilines is 3. The van der Waals surface area contributed by atoms with Gasteiger partial charge in [0.1, 0.15) is 12.3 Å². The molecular weight excluding hydrogens is 643 g/mol. The third-order valence-electron chi connectivity index (χ3n) is 6.19. The van der Waals surface area contributed by atoms with Gasteiger partial charge < -0.3 is 10.1 Å². The molecule has 9 nitrogen and oxygen atoms in total. The Morgan fingerprint density at radius 2 is 1.50 bits per heavy atom. The number of hydrogen-bond acceptors (Lipinski definition) is 6. The molecule has 0 fully saturated rings. The number of ether oxygens (including phenoxy) is 1. The zero-order chi connectivity index (χ0) is 32.3. The zero-order valence-corrected chi connectivity index (χ0v) is 25.5. The van der Waals surface area contributed by atoms with E-state index in [9.17, 15) is 34.8 Å². The summed E-state index contributed by atoms with van der Waals surface area (Å²) in [7, 11) is -7.19. The van der Waals surface area contributed by atoms with E-state index in [1.807, 2.05) is 0 Å². The number of aryl methyl sites for hydroxylation is 1. The van der Waals surface area contributed by atoms with Crippen LogP contribution in [0.4, 0.5) is 30.2 Å². The lowest BCUT2D eigenvalue weighted by Gasteiger charge is -2.26. The number of hydrogen-bond donors (Lipinski definition) is 2. The van der Waals surface area contributed by atoms with Crippen molar-refractivity contribution < 1.29 is 39.5 Å². The van der Waals surface area contributed by atoms with Crippen LogP contribution in [0.1, 0.15) is 11.1 Å². The first-order chi connectivity index (χ1) is 20.6. The fraction of sp³-hybridized carbons (Fsp3) is 0.138. The van der Waals surface area contributed by atoms with Crippen LogP contribution >= 0.6 is 11.6 Å². The van der Waals surface area contributed by atoms with Gasteiger partial charge in [-0.05, 0) is 79.2 Å². The zero-order valence-electron chi connectivity index (χ0n) is 23.1. The van der Waals surface area contributed by atoms with Gasteiger partial charge in [0, 0.05) is 11.4 Å². The van der Waals surface area contributed by atoms with Crippen molar-refractivity contribution in [2.24, 2.45) is 0 Å². The van der Waals surface area contributed by atoms with Crippen LogP contribution in [-0.4, -0.2) is 36.4 Å². The van der Waals surface area contributed by atoms with E-state index >= 15 is 0 Å². The lowest BCUT2D eigenvalue weighted by atomic mass is 10.2. The van der Waals surface area contributed by atoms with Crippen molar-refractivity contribution in [1.29, 1.82) is 0 Å². The van der Waals surface area contributed by atoms with Crippen LogP contribution in [0.15, 0.2) is 101 Å². The molecule has 232 valence electrons. The lowest BCUT2D eigenvalue weighted by molar-refractivity contribution is -0.137. The van der Waals surface area contributed by atoms with Crippen molar-refractivity contribution in [1.82, 2.24) is 0 Å². The number of benzene rings is 4. The van der Waals surface area contributed by atoms with Gasteiger partial charge in [-0.25, -0.2) is 16.8 Å². The average molecular weight is 668 g/mol. The van der Waals surface area contributed by atoms with E-state index in [-0.39, 0.29) is 32.6 Å². The summed E-state index contributed by atoms with van der Waals surface area (Å²) in [6.07, 6.45) is -4.79. The molecule has 0 atom stereocenters. The first-order valence-corrected chi connectivity index (χ1v) is 15.9. The molecule has 1 amide bonds. The van der Waals surface area contributed by atoms with Gasteiger partial charge in [0.25, 0.3) is 20.0 Å². The normalized spacial score (nSPS) is 12.0. The molecule has 0 saturated carbocycles. The molecule has 0 spiro atoms. The van der Waals surface area contributed by atoms with E-state index in [1.54, 1.807) is 43.3 Å². The Morgan fingerprint density at radius 3 is 2.11 bits per heavy atom. The summed E-state index contributed by atoms with van der Waals surface area (Å²) in [5, 5.41) is 1.95. The van der Waals surface area contributed by atoms with E-state index in [0.717, 1.165) is 28.6 Å². The number of methoxy groups -OCH3 is 1. The molecule has 0 unspecified atom stereocenters. The Balaban J connectivity index is 1.56. The number of nitrogens with zero attached hydrogens (tertiary/aromatic N) is 1. The molecule has 0 saturated heterocycles. The molecule has 4 aromatic carbocycles. The molecule has 0 aliphatic carbocycles. The second-order valence-corrected chi connectivity index (χ2v) is 13.3. The molecule has 4 aromatic rings. The van der Waals surface area contributed by atoms with Crippen molar-refractivity contribution in [3.8, 4) is 5.75 Å². The number of rotatable bonds is 10. The second-order valence-electron chi connectivity index (χ2n) is 9.37. The van der Waals surface area contributed by atoms with Crippen LogP contribution in [0.3, 0.4) is 0 Å². The van der Waals surface area contributed by atoms with Crippen molar-refractivity contribution in [2.45, 2.75) is 22.9 Å². The van der Waals surface area contributed by atoms with E-state index in [1.165, 1.54) is 31.4 Å². The summed E-state index contributed by atoms with van der Waals surface area (Å²) in [5.41, 5.74) is -0.578. The Bertz CT molecular complexity index is 1890. The van der Waals surface area contributed by atoms with Gasteiger partial charge in [0.05, 0.1) is 33.2 Å². The van der Waals surface area contributed by atoms with Gasteiger partial charge in [-0.1, -0.05) is 35.9 Å². The number of nitrogens with one attached hydrogen (secondary N) is 2. The van der Waals surface area contributed by atoms with Crippen LogP contribution in [0.25, 0.3) is 0 Å². The Hall–Kier alpha value is -4.27. The van der Waals surface area contributed by atoms with E-state index in [0.29, 0.717) is 11.6 Å². The number of halogens is 4. The summed E-state index contributed by atoms with van der Waals surface area (Å²) < 4.78 is 101. The molecule has 0 radical (unpaired) electrons. The van der Waals surface area contributed by atoms with Gasteiger partial charge in [0.2, 0.25) is 5.91 Å². The molecule has 44 heavy (non-hydrogen) atoms. The standard InChI is InChI=1S/C29H25ClF3N3O6S2/c1-19-8-15-27(42-2)26(16-19)36(44(40,41)23-6-4-3-5-7-23)18-28(37)34-20-9-12-22(13-10-20)43(38,39)35-21-11-14-25(30)24(17-21)29(31,32)33/h3-17,35H,18H2,1-2H3,(H,34,37). The van der Waals surface area contributed by atoms with Crippen LogP contribution in [-0.2, 0) is 31.0 Å². The van der Waals surface area contributed by atoms with E-state index < -0.39 is 49.3 Å². The highest BCUT2D eigenvalue weighted by Gasteiger charge is 2.34. The summed E-state index contributed by atoms with van der Waals surface area (Å²) in [6, 6.07) is 19.7. The number of carbonyl (C=O) groups is 1. The molecule has 15 heteroatoms. The van der Waals surface area contributed by atoms with Crippen molar-refractivity contribution in [3.05, 3.63) is 107 Å². The minimum absolute atomic E-state index is 0.0542. The largest absolute Gasteiger partial charge is 0.495 e. The first-order valence-electron chi connectivity index (χ1n) is 12.6. The summed E-state index contributed by atoms with van der Waals surface area (Å²) in [5.74, 6) is -0.532.